The smallest absolute Gasteiger partial charge is 0.139 e. The second kappa shape index (κ2) is 6.27. The molecule has 1 aromatic heterocycles. The van der Waals surface area contributed by atoms with E-state index >= 15 is 0 Å². The van der Waals surface area contributed by atoms with Crippen LogP contribution in [0.25, 0.3) is 0 Å². The van der Waals surface area contributed by atoms with Crippen molar-refractivity contribution in [3.8, 4) is 0 Å². The Morgan fingerprint density at radius 3 is 2.68 bits per heavy atom. The first-order valence-electron chi connectivity index (χ1n) is 6.47. The van der Waals surface area contributed by atoms with E-state index in [1.54, 1.807) is 6.20 Å². The highest BCUT2D eigenvalue weighted by atomic mass is 32.1. The molecule has 0 radical (unpaired) electrons. The fraction of sp³-hybridized carbons (Fsp3) is 0.538. The van der Waals surface area contributed by atoms with E-state index in [1.165, 1.54) is 0 Å². The molecule has 5 nitrogen and oxygen atoms in total. The number of pyridine rings is 1. The molecule has 1 aliphatic heterocycles. The van der Waals surface area contributed by atoms with Crippen molar-refractivity contribution < 1.29 is 5.11 Å². The molecule has 0 unspecified atom stereocenters. The Bertz CT molecular complexity index is 458. The van der Waals surface area contributed by atoms with E-state index in [9.17, 15) is 0 Å². The van der Waals surface area contributed by atoms with E-state index in [-0.39, 0.29) is 6.61 Å². The van der Waals surface area contributed by atoms with Crippen LogP contribution in [0, 0.1) is 6.92 Å². The van der Waals surface area contributed by atoms with Crippen LogP contribution in [0.1, 0.15) is 11.1 Å². The van der Waals surface area contributed by atoms with E-state index in [0.29, 0.717) is 4.99 Å². The Kier molecular flexibility index (Phi) is 4.68. The number of hydrogen-bond donors (Lipinski definition) is 2. The second-order valence-corrected chi connectivity index (χ2v) is 5.18. The molecular weight excluding hydrogens is 260 g/mol. The lowest BCUT2D eigenvalue weighted by Crippen LogP contribution is -2.48. The molecule has 0 bridgehead atoms. The Morgan fingerprint density at radius 1 is 1.42 bits per heavy atom. The minimum atomic E-state index is 0.209. The van der Waals surface area contributed by atoms with Crippen LogP contribution < -0.4 is 10.6 Å². The topological polar surface area (TPSA) is 65.6 Å². The Labute approximate surface area is 119 Å². The van der Waals surface area contributed by atoms with Gasteiger partial charge in [0.1, 0.15) is 10.8 Å². The van der Waals surface area contributed by atoms with E-state index in [1.807, 2.05) is 13.0 Å². The molecule has 1 aromatic rings. The molecule has 0 aliphatic carbocycles. The maximum Gasteiger partial charge on any atom is 0.139 e. The molecule has 2 rings (SSSR count). The predicted molar refractivity (Wildman–Crippen MR) is 80.6 cm³/mol. The number of aliphatic hydroxyl groups excluding tert-OH is 1. The summed E-state index contributed by atoms with van der Waals surface area (Å²) in [7, 11) is 0. The average molecular weight is 280 g/mol. The lowest BCUT2D eigenvalue weighted by atomic mass is 10.1. The summed E-state index contributed by atoms with van der Waals surface area (Å²) in [4.78, 5) is 9.31. The molecule has 0 atom stereocenters. The van der Waals surface area contributed by atoms with Gasteiger partial charge in [0, 0.05) is 38.9 Å². The Balaban J connectivity index is 2.15. The Hall–Kier alpha value is -1.24. The first kappa shape index (κ1) is 14.2. The number of β-amino-alcohol motifs (C(OH)–C–C–N with tert-alkyl or cyclic N) is 1. The predicted octanol–water partition coefficient (Wildman–Crippen LogP) is 0.139. The molecule has 6 heteroatoms. The molecule has 19 heavy (non-hydrogen) atoms. The summed E-state index contributed by atoms with van der Waals surface area (Å²) in [6.45, 7) is 6.55. The highest BCUT2D eigenvalue weighted by molar-refractivity contribution is 7.80. The molecule has 1 fully saturated rings. The largest absolute Gasteiger partial charge is 0.395 e. The molecule has 0 spiro atoms. The summed E-state index contributed by atoms with van der Waals surface area (Å²) in [5, 5.41) is 8.95. The maximum atomic E-state index is 8.95. The van der Waals surface area contributed by atoms with Gasteiger partial charge in [-0.05, 0) is 18.6 Å². The molecule has 3 N–H and O–H groups in total. The lowest BCUT2D eigenvalue weighted by molar-refractivity contribution is 0.188. The van der Waals surface area contributed by atoms with Crippen molar-refractivity contribution >= 4 is 23.0 Å². The molecular formula is C13H20N4OS. The van der Waals surface area contributed by atoms with E-state index < -0.39 is 0 Å². The van der Waals surface area contributed by atoms with E-state index in [4.69, 9.17) is 23.1 Å². The highest BCUT2D eigenvalue weighted by Gasteiger charge is 2.21. The van der Waals surface area contributed by atoms with Crippen LogP contribution in [-0.2, 0) is 0 Å². The molecule has 0 aromatic carbocycles. The number of aliphatic hydroxyl groups is 1. The number of anilines is 1. The Morgan fingerprint density at radius 2 is 2.11 bits per heavy atom. The van der Waals surface area contributed by atoms with Crippen LogP contribution in [0.4, 0.5) is 5.82 Å². The minimum Gasteiger partial charge on any atom is -0.395 e. The monoisotopic (exact) mass is 280 g/mol. The summed E-state index contributed by atoms with van der Waals surface area (Å²) in [5.41, 5.74) is 7.77. The quantitative estimate of drug-likeness (QED) is 0.765. The van der Waals surface area contributed by atoms with Gasteiger partial charge in [-0.1, -0.05) is 12.2 Å². The third-order valence-corrected chi connectivity index (χ3v) is 3.68. The number of nitrogens with zero attached hydrogens (tertiary/aromatic N) is 3. The molecule has 0 amide bonds. The molecule has 104 valence electrons. The number of piperazine rings is 1. The lowest BCUT2D eigenvalue weighted by Gasteiger charge is -2.36. The molecule has 1 saturated heterocycles. The van der Waals surface area contributed by atoms with E-state index in [0.717, 1.165) is 49.7 Å². The fourth-order valence-corrected chi connectivity index (χ4v) is 2.67. The van der Waals surface area contributed by atoms with Gasteiger partial charge in [0.2, 0.25) is 0 Å². The summed E-state index contributed by atoms with van der Waals surface area (Å²) in [6, 6.07) is 1.93. The van der Waals surface area contributed by atoms with Gasteiger partial charge in [0.15, 0.2) is 0 Å². The van der Waals surface area contributed by atoms with Crippen molar-refractivity contribution in [3.05, 3.63) is 23.4 Å². The van der Waals surface area contributed by atoms with Gasteiger partial charge in [-0.25, -0.2) is 4.98 Å². The van der Waals surface area contributed by atoms with Crippen LogP contribution in [0.3, 0.4) is 0 Å². The zero-order valence-corrected chi connectivity index (χ0v) is 12.0. The average Bonchev–Trinajstić information content (AvgIpc) is 2.39. The van der Waals surface area contributed by atoms with Gasteiger partial charge in [-0.15, -0.1) is 0 Å². The third-order valence-electron chi connectivity index (χ3n) is 3.47. The van der Waals surface area contributed by atoms with Gasteiger partial charge in [0.05, 0.1) is 12.2 Å². The SMILES string of the molecule is Cc1ccnc(N2CCN(CCO)CC2)c1C(N)=S. The number of aromatic nitrogens is 1. The number of rotatable bonds is 4. The number of hydrogen-bond acceptors (Lipinski definition) is 5. The summed E-state index contributed by atoms with van der Waals surface area (Å²) in [5.74, 6) is 0.885. The van der Waals surface area contributed by atoms with Crippen molar-refractivity contribution in [2.75, 3.05) is 44.2 Å². The first-order chi connectivity index (χ1) is 9.13. The normalized spacial score (nSPS) is 16.6. The van der Waals surface area contributed by atoms with E-state index in [2.05, 4.69) is 14.8 Å². The van der Waals surface area contributed by atoms with Gasteiger partial charge in [-0.2, -0.15) is 0 Å². The zero-order chi connectivity index (χ0) is 13.8. The summed E-state index contributed by atoms with van der Waals surface area (Å²) >= 11 is 5.14. The van der Waals surface area contributed by atoms with Crippen molar-refractivity contribution in [2.24, 2.45) is 5.73 Å². The van der Waals surface area contributed by atoms with Crippen LogP contribution in [0.15, 0.2) is 12.3 Å². The maximum absolute atomic E-state index is 8.95. The fourth-order valence-electron chi connectivity index (χ4n) is 2.41. The number of thiocarbonyl (C=S) groups is 1. The minimum absolute atomic E-state index is 0.209. The number of nitrogens with two attached hydrogens (primary N) is 1. The zero-order valence-electron chi connectivity index (χ0n) is 11.2. The van der Waals surface area contributed by atoms with Gasteiger partial charge < -0.3 is 15.7 Å². The highest BCUT2D eigenvalue weighted by Crippen LogP contribution is 2.22. The van der Waals surface area contributed by atoms with Gasteiger partial charge >= 0.3 is 0 Å². The van der Waals surface area contributed by atoms with Gasteiger partial charge in [-0.3, -0.25) is 4.90 Å². The van der Waals surface area contributed by atoms with Crippen molar-refractivity contribution in [1.82, 2.24) is 9.88 Å². The molecule has 0 saturated carbocycles. The summed E-state index contributed by atoms with van der Waals surface area (Å²) < 4.78 is 0. The van der Waals surface area contributed by atoms with Crippen molar-refractivity contribution in [1.29, 1.82) is 0 Å². The third kappa shape index (κ3) is 3.20. The second-order valence-electron chi connectivity index (χ2n) is 4.74. The van der Waals surface area contributed by atoms with Crippen LogP contribution in [0.2, 0.25) is 0 Å². The van der Waals surface area contributed by atoms with Crippen molar-refractivity contribution in [2.45, 2.75) is 6.92 Å². The molecule has 2 heterocycles. The van der Waals surface area contributed by atoms with Crippen LogP contribution >= 0.6 is 12.2 Å². The van der Waals surface area contributed by atoms with Crippen LogP contribution in [-0.4, -0.2) is 59.3 Å². The molecule has 1 aliphatic rings. The van der Waals surface area contributed by atoms with Crippen LogP contribution in [0.5, 0.6) is 0 Å². The summed E-state index contributed by atoms with van der Waals surface area (Å²) in [6.07, 6.45) is 1.80. The standard InChI is InChI=1S/C13H20N4OS/c1-10-2-3-15-13(11(10)12(14)19)17-6-4-16(5-7-17)8-9-18/h2-3,18H,4-9H2,1H3,(H2,14,19). The first-order valence-corrected chi connectivity index (χ1v) is 6.88. The number of aryl methyl sites for hydroxylation is 1. The van der Waals surface area contributed by atoms with Gasteiger partial charge in [0.25, 0.3) is 0 Å². The van der Waals surface area contributed by atoms with Crippen molar-refractivity contribution in [3.63, 3.8) is 0 Å².